The van der Waals surface area contributed by atoms with E-state index in [0.717, 1.165) is 5.56 Å². The van der Waals surface area contributed by atoms with Crippen molar-refractivity contribution in [3.8, 4) is 0 Å². The number of alkyl halides is 1. The molecular weight excluding hydrogens is 323 g/mol. The van der Waals surface area contributed by atoms with E-state index in [4.69, 9.17) is 10.2 Å². The molecule has 86 valence electrons. The minimum absolute atomic E-state index is 0.204. The predicted octanol–water partition coefficient (Wildman–Crippen LogP) is 2.27. The zero-order valence-electron chi connectivity index (χ0n) is 8.39. The minimum atomic E-state index is -1.00. The van der Waals surface area contributed by atoms with E-state index in [1.165, 1.54) is 0 Å². The van der Waals surface area contributed by atoms with Crippen LogP contribution >= 0.6 is 22.6 Å². The molecule has 1 rings (SSSR count). The van der Waals surface area contributed by atoms with E-state index >= 15 is 0 Å². The van der Waals surface area contributed by atoms with Crippen LogP contribution in [0.4, 0.5) is 0 Å². The lowest BCUT2D eigenvalue weighted by Gasteiger charge is -2.24. The van der Waals surface area contributed by atoms with Crippen LogP contribution in [0.3, 0.4) is 0 Å². The summed E-state index contributed by atoms with van der Waals surface area (Å²) in [4.78, 5) is 21.5. The fourth-order valence-electron chi connectivity index (χ4n) is 1.48. The Labute approximate surface area is 106 Å². The topological polar surface area (TPSA) is 74.6 Å². The maximum Gasteiger partial charge on any atom is 0.305 e. The molecule has 0 aliphatic carbocycles. The average Bonchev–Trinajstić information content (AvgIpc) is 2.16. The van der Waals surface area contributed by atoms with E-state index in [-0.39, 0.29) is 12.8 Å². The first kappa shape index (κ1) is 13.0. The van der Waals surface area contributed by atoms with Gasteiger partial charge in [-0.2, -0.15) is 0 Å². The highest BCUT2D eigenvalue weighted by molar-refractivity contribution is 14.1. The maximum atomic E-state index is 10.8. The number of carboxylic acid groups (broad SMARTS) is 2. The molecule has 0 atom stereocenters. The molecule has 0 aliphatic heterocycles. The van der Waals surface area contributed by atoms with Gasteiger partial charge in [-0.25, -0.2) is 0 Å². The average molecular weight is 334 g/mol. The summed E-state index contributed by atoms with van der Waals surface area (Å²) in [7, 11) is 0. The Morgan fingerprint density at radius 1 is 1.06 bits per heavy atom. The summed E-state index contributed by atoms with van der Waals surface area (Å²) >= 11 is 1.91. The van der Waals surface area contributed by atoms with Crippen molar-refractivity contribution >= 4 is 34.5 Å². The number of hydrogen-bond donors (Lipinski definition) is 2. The molecule has 0 fully saturated rings. The molecule has 2 N–H and O–H groups in total. The van der Waals surface area contributed by atoms with Crippen LogP contribution in [0.25, 0.3) is 0 Å². The molecular formula is C11H11IO4. The highest BCUT2D eigenvalue weighted by atomic mass is 127. The second-order valence-electron chi connectivity index (χ2n) is 3.47. The van der Waals surface area contributed by atoms with Gasteiger partial charge in [-0.3, -0.25) is 9.59 Å². The fraction of sp³-hybridized carbons (Fsp3) is 0.273. The lowest BCUT2D eigenvalue weighted by molar-refractivity contribution is -0.139. The predicted molar refractivity (Wildman–Crippen MR) is 66.6 cm³/mol. The van der Waals surface area contributed by atoms with Gasteiger partial charge in [0.15, 0.2) is 0 Å². The van der Waals surface area contributed by atoms with Crippen molar-refractivity contribution in [2.45, 2.75) is 16.3 Å². The van der Waals surface area contributed by atoms with Gasteiger partial charge in [0.2, 0.25) is 0 Å². The lowest BCUT2D eigenvalue weighted by atomic mass is 9.92. The quantitative estimate of drug-likeness (QED) is 0.640. The van der Waals surface area contributed by atoms with Crippen LogP contribution < -0.4 is 0 Å². The molecule has 0 radical (unpaired) electrons. The van der Waals surface area contributed by atoms with Gasteiger partial charge in [-0.05, 0) is 5.56 Å². The van der Waals surface area contributed by atoms with Crippen LogP contribution in [0.1, 0.15) is 18.4 Å². The molecule has 0 bridgehead atoms. The molecule has 5 heteroatoms. The first-order chi connectivity index (χ1) is 7.44. The van der Waals surface area contributed by atoms with Crippen molar-refractivity contribution in [3.05, 3.63) is 35.9 Å². The Bertz CT molecular complexity index is 372. The number of carboxylic acids is 2. The van der Waals surface area contributed by atoms with E-state index in [2.05, 4.69) is 0 Å². The summed E-state index contributed by atoms with van der Waals surface area (Å²) in [5.41, 5.74) is 0.723. The third-order valence-electron chi connectivity index (χ3n) is 2.15. The first-order valence-electron chi connectivity index (χ1n) is 4.62. The SMILES string of the molecule is O=C(O)CC(I)(CC(=O)O)c1ccccc1. The smallest absolute Gasteiger partial charge is 0.305 e. The highest BCUT2D eigenvalue weighted by Crippen LogP contribution is 2.38. The lowest BCUT2D eigenvalue weighted by Crippen LogP contribution is -2.25. The van der Waals surface area contributed by atoms with Gasteiger partial charge in [0.05, 0.1) is 16.3 Å². The Balaban J connectivity index is 3.04. The third kappa shape index (κ3) is 3.48. The molecule has 0 heterocycles. The van der Waals surface area contributed by atoms with Gasteiger partial charge in [-0.15, -0.1) is 0 Å². The summed E-state index contributed by atoms with van der Waals surface area (Å²) < 4.78 is -0.892. The summed E-state index contributed by atoms with van der Waals surface area (Å²) in [5.74, 6) is -2.00. The largest absolute Gasteiger partial charge is 0.481 e. The Morgan fingerprint density at radius 3 is 1.88 bits per heavy atom. The van der Waals surface area contributed by atoms with E-state index in [9.17, 15) is 9.59 Å². The van der Waals surface area contributed by atoms with E-state index in [1.54, 1.807) is 24.3 Å². The molecule has 0 unspecified atom stereocenters. The second kappa shape index (κ2) is 5.29. The van der Waals surface area contributed by atoms with Gasteiger partial charge in [0.1, 0.15) is 0 Å². The van der Waals surface area contributed by atoms with Crippen molar-refractivity contribution in [2.75, 3.05) is 0 Å². The van der Waals surface area contributed by atoms with E-state index in [1.807, 2.05) is 28.7 Å². The van der Waals surface area contributed by atoms with E-state index in [0.29, 0.717) is 0 Å². The Kier molecular flexibility index (Phi) is 4.28. The molecule has 0 aromatic heterocycles. The Hall–Kier alpha value is -1.11. The molecule has 0 aliphatic rings. The van der Waals surface area contributed by atoms with Gasteiger partial charge in [-0.1, -0.05) is 52.9 Å². The summed E-state index contributed by atoms with van der Waals surface area (Å²) in [6.07, 6.45) is -0.409. The standard InChI is InChI=1S/C11H11IO4/c12-11(6-9(13)14,7-10(15)16)8-4-2-1-3-5-8/h1-5H,6-7H2,(H,13,14)(H,15,16). The van der Waals surface area contributed by atoms with Crippen molar-refractivity contribution in [3.63, 3.8) is 0 Å². The van der Waals surface area contributed by atoms with Crippen LogP contribution in [0.5, 0.6) is 0 Å². The van der Waals surface area contributed by atoms with Gasteiger partial charge in [0.25, 0.3) is 0 Å². The molecule has 1 aromatic carbocycles. The number of rotatable bonds is 5. The molecule has 0 spiro atoms. The molecule has 0 saturated heterocycles. The van der Waals surface area contributed by atoms with Crippen molar-refractivity contribution < 1.29 is 19.8 Å². The third-order valence-corrected chi connectivity index (χ3v) is 3.54. The minimum Gasteiger partial charge on any atom is -0.481 e. The molecule has 4 nitrogen and oxygen atoms in total. The van der Waals surface area contributed by atoms with Gasteiger partial charge >= 0.3 is 11.9 Å². The Morgan fingerprint density at radius 2 is 1.50 bits per heavy atom. The van der Waals surface area contributed by atoms with Crippen LogP contribution in [-0.2, 0) is 13.0 Å². The monoisotopic (exact) mass is 334 g/mol. The second-order valence-corrected chi connectivity index (χ2v) is 5.54. The van der Waals surface area contributed by atoms with Gasteiger partial charge < -0.3 is 10.2 Å². The van der Waals surface area contributed by atoms with Crippen LogP contribution in [-0.4, -0.2) is 22.2 Å². The van der Waals surface area contributed by atoms with Crippen molar-refractivity contribution in [1.29, 1.82) is 0 Å². The normalized spacial score (nSPS) is 11.1. The number of aliphatic carboxylic acids is 2. The van der Waals surface area contributed by atoms with Crippen molar-refractivity contribution in [2.24, 2.45) is 0 Å². The summed E-state index contributed by atoms with van der Waals surface area (Å²) in [6, 6.07) is 8.84. The number of halogens is 1. The number of hydrogen-bond acceptors (Lipinski definition) is 2. The molecule has 0 amide bonds. The zero-order valence-corrected chi connectivity index (χ0v) is 10.5. The maximum absolute atomic E-state index is 10.8. The fourth-order valence-corrected chi connectivity index (χ4v) is 2.50. The van der Waals surface area contributed by atoms with Gasteiger partial charge in [0, 0.05) is 0 Å². The summed E-state index contributed by atoms with van der Waals surface area (Å²) in [5, 5.41) is 17.7. The molecule has 16 heavy (non-hydrogen) atoms. The highest BCUT2D eigenvalue weighted by Gasteiger charge is 2.34. The molecule has 1 aromatic rings. The summed E-state index contributed by atoms with van der Waals surface area (Å²) in [6.45, 7) is 0. The van der Waals surface area contributed by atoms with Crippen LogP contribution in [0, 0.1) is 0 Å². The number of benzene rings is 1. The first-order valence-corrected chi connectivity index (χ1v) is 5.70. The van der Waals surface area contributed by atoms with Crippen LogP contribution in [0.15, 0.2) is 30.3 Å². The molecule has 0 saturated carbocycles. The van der Waals surface area contributed by atoms with E-state index < -0.39 is 15.4 Å². The van der Waals surface area contributed by atoms with Crippen LogP contribution in [0.2, 0.25) is 0 Å². The van der Waals surface area contributed by atoms with Crippen molar-refractivity contribution in [1.82, 2.24) is 0 Å². The zero-order chi connectivity index (χ0) is 12.2. The number of carbonyl (C=O) groups is 2.